The van der Waals surface area contributed by atoms with Gasteiger partial charge in [0.1, 0.15) is 0 Å². The van der Waals surface area contributed by atoms with Crippen molar-refractivity contribution in [2.45, 2.75) is 93.3 Å². The van der Waals surface area contributed by atoms with Crippen LogP contribution in [0.5, 0.6) is 0 Å². The van der Waals surface area contributed by atoms with Crippen molar-refractivity contribution >= 4 is 38.1 Å². The summed E-state index contributed by atoms with van der Waals surface area (Å²) < 4.78 is 2.58. The lowest BCUT2D eigenvalue weighted by atomic mass is 9.56. The van der Waals surface area contributed by atoms with Crippen LogP contribution in [-0.2, 0) is 5.41 Å². The summed E-state index contributed by atoms with van der Waals surface area (Å²) in [5.41, 5.74) is 24.8. The van der Waals surface area contributed by atoms with Gasteiger partial charge in [-0.25, -0.2) is 0 Å². The molecule has 3 heteroatoms. The van der Waals surface area contributed by atoms with Crippen molar-refractivity contribution in [2.24, 2.45) is 29.1 Å². The highest BCUT2D eigenvalue weighted by Crippen LogP contribution is 2.77. The average Bonchev–Trinajstić information content (AvgIpc) is 4.14. The van der Waals surface area contributed by atoms with Crippen molar-refractivity contribution in [1.29, 1.82) is 10.5 Å². The highest BCUT2D eigenvalue weighted by Gasteiger charge is 2.66. The molecule has 318 valence electrons. The van der Waals surface area contributed by atoms with Crippen LogP contribution in [0.15, 0.2) is 115 Å². The van der Waals surface area contributed by atoms with Gasteiger partial charge in [-0.1, -0.05) is 91.0 Å². The molecule has 19 rings (SSSR count). The monoisotopic (exact) mass is 857 g/mol. The van der Waals surface area contributed by atoms with Gasteiger partial charge < -0.3 is 4.40 Å². The Bertz CT molecular complexity index is 3880. The summed E-state index contributed by atoms with van der Waals surface area (Å²) in [4.78, 5) is 0. The number of nitriles is 2. The van der Waals surface area contributed by atoms with Crippen LogP contribution in [0.4, 0.5) is 0 Å². The van der Waals surface area contributed by atoms with Crippen molar-refractivity contribution in [3.05, 3.63) is 171 Å². The maximum Gasteiger partial charge on any atom is 0.0995 e. The lowest BCUT2D eigenvalue weighted by Crippen LogP contribution is -2.41. The molecule has 0 amide bonds. The Balaban J connectivity index is 1.01. The number of hydrogen-bond acceptors (Lipinski definition) is 2. The lowest BCUT2D eigenvalue weighted by molar-refractivity contribution is 0.00322. The van der Waals surface area contributed by atoms with Crippen molar-refractivity contribution in [3.8, 4) is 45.5 Å². The van der Waals surface area contributed by atoms with E-state index in [1.54, 1.807) is 0 Å². The molecule has 2 aromatic heterocycles. The van der Waals surface area contributed by atoms with Gasteiger partial charge in [-0.05, 0) is 219 Å². The summed E-state index contributed by atoms with van der Waals surface area (Å²) in [6.07, 6.45) is 12.8. The molecule has 0 aliphatic heterocycles. The van der Waals surface area contributed by atoms with Gasteiger partial charge in [-0.3, -0.25) is 0 Å². The Morgan fingerprint density at radius 3 is 1.57 bits per heavy atom. The largest absolute Gasteiger partial charge is 0.308 e. The van der Waals surface area contributed by atoms with Crippen LogP contribution >= 0.6 is 0 Å². The summed E-state index contributed by atoms with van der Waals surface area (Å²) in [6.45, 7) is 0. The van der Waals surface area contributed by atoms with E-state index in [4.69, 9.17) is 0 Å². The number of nitrogens with zero attached hydrogens (tertiary/aromatic N) is 3. The second-order valence-corrected chi connectivity index (χ2v) is 23.3. The number of aromatic nitrogens is 1. The Morgan fingerprint density at radius 2 is 0.955 bits per heavy atom. The molecule has 7 bridgehead atoms. The van der Waals surface area contributed by atoms with E-state index in [9.17, 15) is 10.5 Å². The number of benzene rings is 7. The van der Waals surface area contributed by atoms with E-state index < -0.39 is 5.41 Å². The van der Waals surface area contributed by atoms with E-state index in [1.165, 1.54) is 180 Å². The van der Waals surface area contributed by atoms with Crippen molar-refractivity contribution < 1.29 is 0 Å². The standard InChI is InChI=1S/C64H47N3/c65-30-39-25-53-60(57-36-19-32-16-33(20-36)18-35(17-32)55(39)57)47-23-34(24-48-61-54(67(53)62(47)48)26-40(31-66)56-37-21-41-27-42-22-38(58(56)61)29-63(41,42)28-37)43-11-7-15-52-59(43)46-10-3-6-14-51(46)64(52)49-12-4-1-8-44(49)45-9-2-5-13-50(45)64/h1-15,23-26,32-33,35-38,41-42H,16-22,27-29H2. The minimum atomic E-state index is -0.411. The van der Waals surface area contributed by atoms with Gasteiger partial charge in [-0.15, -0.1) is 0 Å². The van der Waals surface area contributed by atoms with E-state index in [0.29, 0.717) is 29.1 Å². The second-order valence-electron chi connectivity index (χ2n) is 23.3. The molecule has 0 saturated heterocycles. The van der Waals surface area contributed by atoms with Crippen LogP contribution in [0.25, 0.3) is 71.5 Å². The summed E-state index contributed by atoms with van der Waals surface area (Å²) in [7, 11) is 0. The Labute approximate surface area is 390 Å². The zero-order valence-electron chi connectivity index (χ0n) is 37.5. The maximum atomic E-state index is 11.2. The van der Waals surface area contributed by atoms with E-state index >= 15 is 0 Å². The SMILES string of the molecule is N#Cc1cc2c(c3c1C1CC4CC(C1)CC3C4)c1cc(-c3cccc4c3-c3ccccc3C43c4ccccc4-c4ccccc43)cc3c4c5c(c(C#N)cc4n2c13)C1CC2CC3CC5CC23C1. The predicted molar refractivity (Wildman–Crippen MR) is 266 cm³/mol. The predicted octanol–water partition coefficient (Wildman–Crippen LogP) is 15.4. The molecule has 7 atom stereocenters. The minimum absolute atomic E-state index is 0.411. The first kappa shape index (κ1) is 35.5. The summed E-state index contributed by atoms with van der Waals surface area (Å²) in [5.74, 6) is 5.06. The fourth-order valence-corrected chi connectivity index (χ4v) is 19.3. The molecule has 9 aromatic rings. The maximum absolute atomic E-state index is 11.2. The molecule has 67 heavy (non-hydrogen) atoms. The van der Waals surface area contributed by atoms with Crippen molar-refractivity contribution in [3.63, 3.8) is 0 Å². The molecule has 0 radical (unpaired) electrons. The molecule has 5 fully saturated rings. The van der Waals surface area contributed by atoms with E-state index in [1.807, 2.05) is 0 Å². The van der Waals surface area contributed by atoms with E-state index in [2.05, 4.69) is 132 Å². The van der Waals surface area contributed by atoms with E-state index in [0.717, 1.165) is 34.8 Å². The molecular weight excluding hydrogens is 811 g/mol. The van der Waals surface area contributed by atoms with Gasteiger partial charge in [0.2, 0.25) is 0 Å². The average molecular weight is 858 g/mol. The summed E-state index contributed by atoms with van der Waals surface area (Å²) in [5, 5.41) is 27.9. The minimum Gasteiger partial charge on any atom is -0.308 e. The third kappa shape index (κ3) is 3.81. The van der Waals surface area contributed by atoms with Gasteiger partial charge in [-0.2, -0.15) is 10.5 Å². The molecule has 2 heterocycles. The number of hydrogen-bond donors (Lipinski definition) is 0. The Kier molecular flexibility index (Phi) is 6.11. The van der Waals surface area contributed by atoms with Gasteiger partial charge in [0.15, 0.2) is 0 Å². The first-order chi connectivity index (χ1) is 33.1. The molecule has 7 aromatic carbocycles. The topological polar surface area (TPSA) is 52.0 Å². The Morgan fingerprint density at radius 1 is 0.463 bits per heavy atom. The summed E-state index contributed by atoms with van der Waals surface area (Å²) in [6, 6.07) is 50.3. The number of rotatable bonds is 1. The lowest BCUT2D eigenvalue weighted by Gasteiger charge is -2.48. The molecule has 10 aliphatic carbocycles. The third-order valence-corrected chi connectivity index (χ3v) is 21.1. The first-order valence-electron chi connectivity index (χ1n) is 25.7. The van der Waals surface area contributed by atoms with Crippen molar-refractivity contribution in [2.75, 3.05) is 0 Å². The third-order valence-electron chi connectivity index (χ3n) is 21.1. The highest BCUT2D eigenvalue weighted by molar-refractivity contribution is 6.27. The normalized spacial score (nSPS) is 29.6. The Hall–Kier alpha value is -6.68. The van der Waals surface area contributed by atoms with Crippen LogP contribution < -0.4 is 0 Å². The van der Waals surface area contributed by atoms with Gasteiger partial charge in [0, 0.05) is 21.5 Å². The van der Waals surface area contributed by atoms with Gasteiger partial charge in [0.25, 0.3) is 0 Å². The molecule has 3 nitrogen and oxygen atoms in total. The fraction of sp³-hybridized carbons (Fsp3) is 0.312. The molecule has 5 saturated carbocycles. The first-order valence-corrected chi connectivity index (χ1v) is 25.7. The molecule has 7 unspecified atom stereocenters. The van der Waals surface area contributed by atoms with Gasteiger partial charge in [0.05, 0.1) is 45.2 Å². The van der Waals surface area contributed by atoms with Crippen LogP contribution in [0.2, 0.25) is 0 Å². The van der Waals surface area contributed by atoms with Crippen LogP contribution in [0, 0.1) is 51.7 Å². The zero-order valence-corrected chi connectivity index (χ0v) is 37.5. The highest BCUT2D eigenvalue weighted by atomic mass is 14.9. The van der Waals surface area contributed by atoms with Crippen molar-refractivity contribution in [1.82, 2.24) is 4.40 Å². The molecule has 0 N–H and O–H groups in total. The molecule has 2 spiro atoms. The smallest absolute Gasteiger partial charge is 0.0995 e. The summed E-state index contributed by atoms with van der Waals surface area (Å²) >= 11 is 0. The van der Waals surface area contributed by atoms with Crippen LogP contribution in [0.3, 0.4) is 0 Å². The molecular formula is C64H47N3. The fourth-order valence-electron chi connectivity index (χ4n) is 19.3. The van der Waals surface area contributed by atoms with E-state index in [-0.39, 0.29) is 0 Å². The van der Waals surface area contributed by atoms with Gasteiger partial charge >= 0.3 is 0 Å². The number of fused-ring (bicyclic) bond motifs is 22. The van der Waals surface area contributed by atoms with Crippen LogP contribution in [-0.4, -0.2) is 4.40 Å². The molecule has 10 aliphatic rings. The quantitative estimate of drug-likeness (QED) is 0.165. The second kappa shape index (κ2) is 11.5. The zero-order chi connectivity index (χ0) is 43.4. The van der Waals surface area contributed by atoms with Crippen LogP contribution in [0.1, 0.15) is 144 Å².